The van der Waals surface area contributed by atoms with E-state index in [9.17, 15) is 14.4 Å². The summed E-state index contributed by atoms with van der Waals surface area (Å²) in [7, 11) is 0. The highest BCUT2D eigenvalue weighted by Crippen LogP contribution is 2.65. The van der Waals surface area contributed by atoms with Crippen LogP contribution in [-0.2, 0) is 16.0 Å². The second kappa shape index (κ2) is 7.56. The van der Waals surface area contributed by atoms with Gasteiger partial charge in [-0.25, -0.2) is 0 Å². The van der Waals surface area contributed by atoms with Crippen LogP contribution < -0.4 is 4.90 Å². The van der Waals surface area contributed by atoms with E-state index < -0.39 is 0 Å². The van der Waals surface area contributed by atoms with Crippen molar-refractivity contribution in [2.24, 2.45) is 35.5 Å². The van der Waals surface area contributed by atoms with Crippen LogP contribution in [0.25, 0.3) is 0 Å². The van der Waals surface area contributed by atoms with Crippen LogP contribution in [0.5, 0.6) is 0 Å². The van der Waals surface area contributed by atoms with E-state index in [0.717, 1.165) is 18.4 Å². The Morgan fingerprint density at radius 1 is 0.970 bits per heavy atom. The molecule has 6 heteroatoms. The van der Waals surface area contributed by atoms with Crippen LogP contribution >= 0.6 is 11.6 Å². The second-order valence-electron chi connectivity index (χ2n) is 9.63. The quantitative estimate of drug-likeness (QED) is 0.485. The maximum atomic E-state index is 13.6. The topological polar surface area (TPSA) is 57.7 Å². The van der Waals surface area contributed by atoms with Crippen molar-refractivity contribution >= 4 is 35.0 Å². The van der Waals surface area contributed by atoms with Crippen LogP contribution in [0.1, 0.15) is 29.3 Å². The summed E-state index contributed by atoms with van der Waals surface area (Å²) in [5.41, 5.74) is 2.12. The van der Waals surface area contributed by atoms with Crippen LogP contribution in [0, 0.1) is 35.5 Å². The lowest BCUT2D eigenvalue weighted by atomic mass is 9.63. The fourth-order valence-electron chi connectivity index (χ4n) is 6.25. The zero-order valence-electron chi connectivity index (χ0n) is 18.4. The van der Waals surface area contributed by atoms with Gasteiger partial charge < -0.3 is 0 Å². The molecule has 1 saturated heterocycles. The number of aryl methyl sites for hydroxylation is 1. The fraction of sp³-hybridized carbons (Fsp3) is 0.370. The van der Waals surface area contributed by atoms with Gasteiger partial charge in [-0.2, -0.15) is 0 Å². The Morgan fingerprint density at radius 2 is 1.58 bits per heavy atom. The number of likely N-dealkylation sites (tertiary alicyclic amines) is 1. The summed E-state index contributed by atoms with van der Waals surface area (Å²) < 4.78 is 0. The first kappa shape index (κ1) is 20.7. The molecule has 33 heavy (non-hydrogen) atoms. The number of carbonyl (C=O) groups excluding carboxylic acids is 3. The van der Waals surface area contributed by atoms with Crippen molar-refractivity contribution in [3.05, 3.63) is 76.8 Å². The van der Waals surface area contributed by atoms with Crippen LogP contribution in [0.15, 0.2) is 60.7 Å². The van der Waals surface area contributed by atoms with Gasteiger partial charge in [0.15, 0.2) is 0 Å². The summed E-state index contributed by atoms with van der Waals surface area (Å²) in [5, 5.41) is 0.341. The third-order valence-corrected chi connectivity index (χ3v) is 8.37. The monoisotopic (exact) mass is 460 g/mol. The average molecular weight is 461 g/mol. The van der Waals surface area contributed by atoms with Crippen molar-refractivity contribution in [3.8, 4) is 0 Å². The van der Waals surface area contributed by atoms with Crippen molar-refractivity contribution in [3.63, 3.8) is 0 Å². The summed E-state index contributed by atoms with van der Waals surface area (Å²) >= 11 is 6.34. The summed E-state index contributed by atoms with van der Waals surface area (Å²) in [4.78, 5) is 43.4. The Balaban J connectivity index is 1.35. The molecule has 3 fully saturated rings. The Hall–Kier alpha value is -2.92. The molecule has 2 saturated carbocycles. The Bertz CT molecular complexity index is 1150. The van der Waals surface area contributed by atoms with Crippen molar-refractivity contribution in [1.29, 1.82) is 0 Å². The number of hydrogen-bond donors (Lipinski definition) is 0. The first-order valence-corrected chi connectivity index (χ1v) is 12.1. The number of rotatable bonds is 5. The lowest BCUT2D eigenvalue weighted by Gasteiger charge is -2.37. The molecular formula is C27H25ClN2O3. The van der Waals surface area contributed by atoms with Crippen molar-refractivity contribution in [1.82, 2.24) is 4.90 Å². The molecule has 168 valence electrons. The first-order chi connectivity index (χ1) is 16.0. The number of halogens is 1. The average Bonchev–Trinajstić information content (AvgIpc) is 3.62. The largest absolute Gasteiger partial charge is 0.290 e. The van der Waals surface area contributed by atoms with E-state index in [4.69, 9.17) is 11.6 Å². The number of hydrogen-bond acceptors (Lipinski definition) is 3. The standard InChI is InChI=1S/C27H25ClN2O3/c1-2-15-7-9-16(10-8-15)29(25(31)19-5-3-4-6-22(19)28)14-30-26(32)23-17-11-12-18(21-13-20(17)21)24(23)27(30)33/h3-12,17-18,20-21,23-24H,2,13-14H2,1H3/t17-,18-,20-,21-,23-,24+/m0/s1. The van der Waals surface area contributed by atoms with Crippen molar-refractivity contribution in [2.45, 2.75) is 19.8 Å². The molecule has 3 amide bonds. The van der Waals surface area contributed by atoms with Gasteiger partial charge in [-0.05, 0) is 66.3 Å². The SMILES string of the molecule is CCc1ccc(N(CN2C(=O)[C@@H]3[C@H]4C=C[C@@H]([C@@H]5C[C@@H]45)[C@@H]3C2=O)C(=O)c2ccccc2Cl)cc1. The summed E-state index contributed by atoms with van der Waals surface area (Å²) in [5.74, 6) is 0.219. The summed E-state index contributed by atoms with van der Waals surface area (Å²) in [6, 6.07) is 14.5. The molecule has 2 aromatic carbocycles. The zero-order valence-corrected chi connectivity index (χ0v) is 19.1. The smallest absolute Gasteiger partial charge is 0.261 e. The molecular weight excluding hydrogens is 436 g/mol. The molecule has 0 spiro atoms. The zero-order chi connectivity index (χ0) is 22.9. The van der Waals surface area contributed by atoms with Gasteiger partial charge in [0.25, 0.3) is 5.91 Å². The number of anilines is 1. The lowest BCUT2D eigenvalue weighted by molar-refractivity contribution is -0.140. The maximum Gasteiger partial charge on any atom is 0.261 e. The Kier molecular flexibility index (Phi) is 4.73. The molecule has 0 aromatic heterocycles. The number of carbonyl (C=O) groups is 3. The molecule has 1 aliphatic heterocycles. The van der Waals surface area contributed by atoms with Gasteiger partial charge >= 0.3 is 0 Å². The molecule has 0 N–H and O–H groups in total. The second-order valence-corrected chi connectivity index (χ2v) is 10.0. The number of allylic oxidation sites excluding steroid dienone is 2. The minimum absolute atomic E-state index is 0.102. The predicted molar refractivity (Wildman–Crippen MR) is 125 cm³/mol. The van der Waals surface area contributed by atoms with Gasteiger partial charge in [0.2, 0.25) is 11.8 Å². The molecule has 7 rings (SSSR count). The minimum atomic E-state index is -0.329. The first-order valence-electron chi connectivity index (χ1n) is 11.7. The molecule has 2 aromatic rings. The normalized spacial score (nSPS) is 30.9. The van der Waals surface area contributed by atoms with E-state index in [2.05, 4.69) is 19.1 Å². The van der Waals surface area contributed by atoms with Crippen LogP contribution in [-0.4, -0.2) is 29.3 Å². The van der Waals surface area contributed by atoms with E-state index in [1.165, 1.54) is 9.80 Å². The molecule has 1 heterocycles. The molecule has 0 radical (unpaired) electrons. The van der Waals surface area contributed by atoms with Gasteiger partial charge in [0, 0.05) is 5.69 Å². The number of benzene rings is 2. The molecule has 2 bridgehead atoms. The highest BCUT2D eigenvalue weighted by molar-refractivity contribution is 6.34. The third kappa shape index (κ3) is 3.09. The number of amides is 3. The van der Waals surface area contributed by atoms with Gasteiger partial charge in [0.1, 0.15) is 6.67 Å². The van der Waals surface area contributed by atoms with Gasteiger partial charge in [0.05, 0.1) is 22.4 Å². The van der Waals surface area contributed by atoms with Gasteiger partial charge in [-0.3, -0.25) is 24.2 Å². The van der Waals surface area contributed by atoms with E-state index in [1.807, 2.05) is 24.3 Å². The highest BCUT2D eigenvalue weighted by atomic mass is 35.5. The lowest BCUT2D eigenvalue weighted by Crippen LogP contribution is -2.45. The van der Waals surface area contributed by atoms with Crippen molar-refractivity contribution < 1.29 is 14.4 Å². The highest BCUT2D eigenvalue weighted by Gasteiger charge is 2.67. The van der Waals surface area contributed by atoms with Crippen LogP contribution in [0.3, 0.4) is 0 Å². The summed E-state index contributed by atoms with van der Waals surface area (Å²) in [6.45, 7) is 1.97. The van der Waals surface area contributed by atoms with E-state index in [0.29, 0.717) is 28.1 Å². The molecule has 6 atom stereocenters. The van der Waals surface area contributed by atoms with Crippen molar-refractivity contribution in [2.75, 3.05) is 11.6 Å². The third-order valence-electron chi connectivity index (χ3n) is 8.04. The van der Waals surface area contributed by atoms with E-state index in [1.54, 1.807) is 24.3 Å². The molecule has 5 nitrogen and oxygen atoms in total. The van der Waals surface area contributed by atoms with Gasteiger partial charge in [-0.1, -0.05) is 54.9 Å². The number of nitrogens with zero attached hydrogens (tertiary/aromatic N) is 2. The summed E-state index contributed by atoms with van der Waals surface area (Å²) in [6.07, 6.45) is 6.32. The molecule has 4 aliphatic carbocycles. The Morgan fingerprint density at radius 3 is 2.15 bits per heavy atom. The van der Waals surface area contributed by atoms with Crippen LogP contribution in [0.4, 0.5) is 5.69 Å². The Labute approximate surface area is 198 Å². The number of imide groups is 1. The van der Waals surface area contributed by atoms with E-state index >= 15 is 0 Å². The molecule has 0 unspecified atom stereocenters. The maximum absolute atomic E-state index is 13.6. The molecule has 5 aliphatic rings. The predicted octanol–water partition coefficient (Wildman–Crippen LogP) is 4.56. The minimum Gasteiger partial charge on any atom is -0.290 e. The van der Waals surface area contributed by atoms with E-state index in [-0.39, 0.29) is 48.1 Å². The fourth-order valence-corrected chi connectivity index (χ4v) is 6.47. The van der Waals surface area contributed by atoms with Gasteiger partial charge in [-0.15, -0.1) is 0 Å². The van der Waals surface area contributed by atoms with Crippen LogP contribution in [0.2, 0.25) is 5.02 Å².